The van der Waals surface area contributed by atoms with Crippen molar-refractivity contribution in [1.29, 1.82) is 0 Å². The van der Waals surface area contributed by atoms with Gasteiger partial charge in [0.25, 0.3) is 0 Å². The maximum atomic E-state index is 10.0. The summed E-state index contributed by atoms with van der Waals surface area (Å²) in [6, 6.07) is 12.4. The molecule has 0 amide bonds. The molecule has 1 rings (SSSR count). The first-order valence-electron chi connectivity index (χ1n) is 7.05. The average Bonchev–Trinajstić information content (AvgIpc) is 2.35. The summed E-state index contributed by atoms with van der Waals surface area (Å²) in [6.07, 6.45) is 7.92. The molecule has 0 aliphatic carbocycles. The van der Waals surface area contributed by atoms with Gasteiger partial charge in [-0.1, -0.05) is 75.8 Å². The fraction of sp³-hybridized carbons (Fsp3) is 0.600. The van der Waals surface area contributed by atoms with E-state index in [0.29, 0.717) is 0 Å². The summed E-state index contributed by atoms with van der Waals surface area (Å²) in [5, 5.41) is 0. The third kappa shape index (κ3) is 7.34. The SMILES string of the molecule is CCCCCCCC[SiH](O)Cc1ccccc1. The molecule has 0 fully saturated rings. The number of benzene rings is 1. The summed E-state index contributed by atoms with van der Waals surface area (Å²) in [4.78, 5) is 10.0. The van der Waals surface area contributed by atoms with E-state index < -0.39 is 9.04 Å². The minimum atomic E-state index is -1.49. The highest BCUT2D eigenvalue weighted by atomic mass is 28.3. The van der Waals surface area contributed by atoms with Crippen molar-refractivity contribution in [3.8, 4) is 0 Å². The molecule has 0 saturated carbocycles. The quantitative estimate of drug-likeness (QED) is 0.521. The average molecular weight is 250 g/mol. The summed E-state index contributed by atoms with van der Waals surface area (Å²) >= 11 is 0. The van der Waals surface area contributed by atoms with Crippen LogP contribution in [0.5, 0.6) is 0 Å². The van der Waals surface area contributed by atoms with Gasteiger partial charge in [0.15, 0.2) is 9.04 Å². The van der Waals surface area contributed by atoms with Crippen molar-refractivity contribution in [1.82, 2.24) is 0 Å². The summed E-state index contributed by atoms with van der Waals surface area (Å²) in [7, 11) is -1.49. The Morgan fingerprint density at radius 3 is 2.29 bits per heavy atom. The molecule has 0 aliphatic rings. The van der Waals surface area contributed by atoms with E-state index in [-0.39, 0.29) is 0 Å². The molecule has 1 nitrogen and oxygen atoms in total. The zero-order valence-electron chi connectivity index (χ0n) is 11.1. The molecule has 1 atom stereocenters. The van der Waals surface area contributed by atoms with Crippen molar-refractivity contribution in [2.45, 2.75) is 57.5 Å². The molecule has 1 N–H and O–H groups in total. The smallest absolute Gasteiger partial charge is 0.176 e. The first kappa shape index (κ1) is 14.5. The van der Waals surface area contributed by atoms with Crippen LogP contribution < -0.4 is 0 Å². The van der Waals surface area contributed by atoms with Crippen LogP contribution in [-0.4, -0.2) is 13.8 Å². The third-order valence-electron chi connectivity index (χ3n) is 3.21. The Balaban J connectivity index is 2.03. The van der Waals surface area contributed by atoms with Gasteiger partial charge in [-0.05, 0) is 17.7 Å². The van der Waals surface area contributed by atoms with Crippen LogP contribution in [0.2, 0.25) is 6.04 Å². The molecule has 1 aromatic carbocycles. The highest BCUT2D eigenvalue weighted by Gasteiger charge is 2.07. The molecule has 0 aromatic heterocycles. The Kier molecular flexibility index (Phi) is 8.02. The Morgan fingerprint density at radius 1 is 0.941 bits per heavy atom. The van der Waals surface area contributed by atoms with E-state index in [1.165, 1.54) is 44.1 Å². The maximum Gasteiger partial charge on any atom is 0.176 e. The largest absolute Gasteiger partial charge is 0.434 e. The van der Waals surface area contributed by atoms with Crippen LogP contribution in [0.4, 0.5) is 0 Å². The lowest BCUT2D eigenvalue weighted by molar-refractivity contribution is 0.551. The second kappa shape index (κ2) is 9.43. The summed E-state index contributed by atoms with van der Waals surface area (Å²) in [5.74, 6) is 0. The van der Waals surface area contributed by atoms with E-state index in [4.69, 9.17) is 0 Å². The first-order valence-corrected chi connectivity index (χ1v) is 9.20. The topological polar surface area (TPSA) is 20.2 Å². The molecule has 96 valence electrons. The Morgan fingerprint density at radius 2 is 1.59 bits per heavy atom. The normalized spacial score (nSPS) is 12.6. The molecule has 0 spiro atoms. The fourth-order valence-electron chi connectivity index (χ4n) is 2.15. The number of hydrogen-bond acceptors (Lipinski definition) is 1. The Bertz CT molecular complexity index is 274. The molecule has 0 bridgehead atoms. The van der Waals surface area contributed by atoms with Crippen LogP contribution in [0.25, 0.3) is 0 Å². The standard InChI is InChI=1S/C15H26OSi/c1-2-3-4-5-6-10-13-17(16)14-15-11-8-7-9-12-15/h7-9,11-12,16-17H,2-6,10,13-14H2,1H3. The van der Waals surface area contributed by atoms with Gasteiger partial charge in [0.05, 0.1) is 0 Å². The highest BCUT2D eigenvalue weighted by molar-refractivity contribution is 6.49. The summed E-state index contributed by atoms with van der Waals surface area (Å²) in [6.45, 7) is 2.25. The van der Waals surface area contributed by atoms with E-state index >= 15 is 0 Å². The van der Waals surface area contributed by atoms with Crippen molar-refractivity contribution < 1.29 is 4.80 Å². The zero-order chi connectivity index (χ0) is 12.3. The Labute approximate surface area is 108 Å². The minimum absolute atomic E-state index is 0.940. The minimum Gasteiger partial charge on any atom is -0.434 e. The first-order chi connectivity index (χ1) is 8.33. The molecular weight excluding hydrogens is 224 g/mol. The van der Waals surface area contributed by atoms with Gasteiger partial charge < -0.3 is 4.80 Å². The van der Waals surface area contributed by atoms with Crippen molar-refractivity contribution in [3.63, 3.8) is 0 Å². The van der Waals surface area contributed by atoms with Gasteiger partial charge >= 0.3 is 0 Å². The van der Waals surface area contributed by atoms with Gasteiger partial charge in [-0.15, -0.1) is 0 Å². The number of rotatable bonds is 9. The van der Waals surface area contributed by atoms with Gasteiger partial charge in [-0.25, -0.2) is 0 Å². The van der Waals surface area contributed by atoms with E-state index in [2.05, 4.69) is 31.2 Å². The van der Waals surface area contributed by atoms with Gasteiger partial charge in [-0.3, -0.25) is 0 Å². The third-order valence-corrected chi connectivity index (χ3v) is 5.22. The van der Waals surface area contributed by atoms with Crippen molar-refractivity contribution in [2.24, 2.45) is 0 Å². The predicted octanol–water partition coefficient (Wildman–Crippen LogP) is 3.84. The molecule has 0 saturated heterocycles. The van der Waals surface area contributed by atoms with E-state index in [1.54, 1.807) is 0 Å². The lowest BCUT2D eigenvalue weighted by atomic mass is 10.1. The number of unbranched alkanes of at least 4 members (excludes halogenated alkanes) is 5. The van der Waals surface area contributed by atoms with Crippen molar-refractivity contribution in [2.75, 3.05) is 0 Å². The van der Waals surface area contributed by atoms with Gasteiger partial charge in [0, 0.05) is 0 Å². The van der Waals surface area contributed by atoms with Crippen LogP contribution in [0.3, 0.4) is 0 Å². The summed E-state index contributed by atoms with van der Waals surface area (Å²) in [5.41, 5.74) is 1.30. The van der Waals surface area contributed by atoms with Gasteiger partial charge in [0.2, 0.25) is 0 Å². The van der Waals surface area contributed by atoms with Crippen molar-refractivity contribution >= 4 is 9.04 Å². The van der Waals surface area contributed by atoms with Crippen LogP contribution in [0, 0.1) is 0 Å². The van der Waals surface area contributed by atoms with Crippen LogP contribution in [0.1, 0.15) is 51.0 Å². The maximum absolute atomic E-state index is 10.0. The molecule has 0 aliphatic heterocycles. The highest BCUT2D eigenvalue weighted by Crippen LogP contribution is 2.10. The lowest BCUT2D eigenvalue weighted by Gasteiger charge is -2.08. The monoisotopic (exact) mass is 250 g/mol. The molecule has 2 heteroatoms. The molecular formula is C15H26OSi. The predicted molar refractivity (Wildman–Crippen MR) is 77.7 cm³/mol. The van der Waals surface area contributed by atoms with Crippen LogP contribution >= 0.6 is 0 Å². The van der Waals surface area contributed by atoms with Crippen molar-refractivity contribution in [3.05, 3.63) is 35.9 Å². The van der Waals surface area contributed by atoms with E-state index in [9.17, 15) is 4.80 Å². The molecule has 1 unspecified atom stereocenters. The van der Waals surface area contributed by atoms with Gasteiger partial charge in [0.1, 0.15) is 0 Å². The fourth-order valence-corrected chi connectivity index (χ4v) is 3.93. The zero-order valence-corrected chi connectivity index (χ0v) is 12.2. The van der Waals surface area contributed by atoms with E-state index in [1.807, 2.05) is 6.07 Å². The molecule has 0 radical (unpaired) electrons. The number of hydrogen-bond donors (Lipinski definition) is 1. The second-order valence-electron chi connectivity index (χ2n) is 4.90. The molecule has 1 aromatic rings. The molecule has 17 heavy (non-hydrogen) atoms. The summed E-state index contributed by atoms with van der Waals surface area (Å²) < 4.78 is 0. The van der Waals surface area contributed by atoms with Crippen LogP contribution in [0.15, 0.2) is 30.3 Å². The van der Waals surface area contributed by atoms with E-state index in [0.717, 1.165) is 12.1 Å². The Hall–Kier alpha value is -0.603. The van der Waals surface area contributed by atoms with Gasteiger partial charge in [-0.2, -0.15) is 0 Å². The van der Waals surface area contributed by atoms with Crippen LogP contribution in [-0.2, 0) is 6.04 Å². The molecule has 0 heterocycles. The lowest BCUT2D eigenvalue weighted by Crippen LogP contribution is -2.15. The second-order valence-corrected chi connectivity index (χ2v) is 7.19.